The highest BCUT2D eigenvalue weighted by atomic mass is 16.5. The molecule has 0 bridgehead atoms. The molecule has 29 heavy (non-hydrogen) atoms. The Labute approximate surface area is 174 Å². The van der Waals surface area contributed by atoms with Crippen molar-refractivity contribution >= 4 is 11.8 Å². The average Bonchev–Trinajstić information content (AvgIpc) is 2.96. The van der Waals surface area contributed by atoms with Crippen LogP contribution in [0.15, 0.2) is 29.5 Å². The zero-order valence-corrected chi connectivity index (χ0v) is 18.6. The van der Waals surface area contributed by atoms with Crippen molar-refractivity contribution in [2.45, 2.75) is 66.2 Å². The summed E-state index contributed by atoms with van der Waals surface area (Å²) in [6.07, 6.45) is 4.33. The van der Waals surface area contributed by atoms with Crippen LogP contribution in [0.5, 0.6) is 0 Å². The fraction of sp³-hybridized carbons (Fsp3) is 0.500. The van der Waals surface area contributed by atoms with E-state index in [0.29, 0.717) is 12.2 Å². The van der Waals surface area contributed by atoms with E-state index in [1.165, 1.54) is 24.0 Å². The molecule has 1 aliphatic heterocycles. The number of esters is 1. The highest BCUT2D eigenvalue weighted by Gasteiger charge is 2.37. The molecule has 1 unspecified atom stereocenters. The Bertz CT molecular complexity index is 940. The van der Waals surface area contributed by atoms with Crippen LogP contribution >= 0.6 is 0 Å². The van der Waals surface area contributed by atoms with E-state index in [0.717, 1.165) is 41.2 Å². The van der Waals surface area contributed by atoms with Gasteiger partial charge >= 0.3 is 5.97 Å². The number of nitrogens with zero attached hydrogens (tertiary/aromatic N) is 2. The van der Waals surface area contributed by atoms with Gasteiger partial charge in [0.25, 0.3) is 0 Å². The summed E-state index contributed by atoms with van der Waals surface area (Å²) < 4.78 is 7.58. The molecule has 5 heteroatoms. The van der Waals surface area contributed by atoms with Gasteiger partial charge in [-0.25, -0.2) is 4.79 Å². The zero-order chi connectivity index (χ0) is 21.1. The number of rotatable bonds is 7. The number of nitrogens with one attached hydrogen (secondary N) is 1. The van der Waals surface area contributed by atoms with Crippen LogP contribution in [0.2, 0.25) is 0 Å². The lowest BCUT2D eigenvalue weighted by atomic mass is 9.79. The molecule has 1 atom stereocenters. The summed E-state index contributed by atoms with van der Waals surface area (Å²) in [5.41, 5.74) is 7.08. The summed E-state index contributed by atoms with van der Waals surface area (Å²) in [4.78, 5) is 13.2. The van der Waals surface area contributed by atoms with Gasteiger partial charge in [-0.3, -0.25) is 4.68 Å². The van der Waals surface area contributed by atoms with Gasteiger partial charge in [-0.2, -0.15) is 5.10 Å². The number of fused-ring (bicyclic) bond motifs is 1. The number of hydrogen-bond donors (Lipinski definition) is 1. The highest BCUT2D eigenvalue weighted by molar-refractivity contribution is 5.94. The molecule has 0 saturated carbocycles. The van der Waals surface area contributed by atoms with E-state index in [9.17, 15) is 4.79 Å². The second kappa shape index (κ2) is 8.85. The topological polar surface area (TPSA) is 56.1 Å². The largest absolute Gasteiger partial charge is 0.462 e. The number of benzene rings is 1. The predicted molar refractivity (Wildman–Crippen MR) is 117 cm³/mol. The van der Waals surface area contributed by atoms with Crippen LogP contribution in [-0.4, -0.2) is 22.4 Å². The minimum atomic E-state index is -0.230. The first-order chi connectivity index (χ1) is 13.9. The molecule has 0 spiro atoms. The van der Waals surface area contributed by atoms with Gasteiger partial charge in [0.05, 0.1) is 17.9 Å². The summed E-state index contributed by atoms with van der Waals surface area (Å²) in [6, 6.07) is 6.30. The number of carbonyl (C=O) groups is 1. The Kier molecular flexibility index (Phi) is 6.46. The maximum absolute atomic E-state index is 13.2. The van der Waals surface area contributed by atoms with Gasteiger partial charge in [-0.15, -0.1) is 0 Å². The van der Waals surface area contributed by atoms with E-state index in [4.69, 9.17) is 4.74 Å². The quantitative estimate of drug-likeness (QED) is 0.510. The first kappa shape index (κ1) is 21.2. The van der Waals surface area contributed by atoms with Crippen molar-refractivity contribution < 1.29 is 9.53 Å². The molecule has 1 aromatic carbocycles. The van der Waals surface area contributed by atoms with Crippen LogP contribution in [-0.2, 0) is 16.6 Å². The first-order valence-corrected chi connectivity index (χ1v) is 10.6. The van der Waals surface area contributed by atoms with E-state index in [1.54, 1.807) is 0 Å². The van der Waals surface area contributed by atoms with Crippen LogP contribution in [0.4, 0.5) is 5.82 Å². The van der Waals surface area contributed by atoms with E-state index >= 15 is 0 Å². The SMILES string of the molecule is CCCCCCOC(=O)C1=C(C)Nc2c(c(C)nn2C)C1c1cccc(C)c1C. The Morgan fingerprint density at radius 2 is 1.93 bits per heavy atom. The Morgan fingerprint density at radius 3 is 2.66 bits per heavy atom. The summed E-state index contributed by atoms with van der Waals surface area (Å²) in [6.45, 7) is 10.8. The average molecular weight is 396 g/mol. The maximum Gasteiger partial charge on any atom is 0.336 e. The van der Waals surface area contributed by atoms with E-state index in [1.807, 2.05) is 25.6 Å². The molecule has 0 saturated heterocycles. The van der Waals surface area contributed by atoms with Gasteiger partial charge in [-0.05, 0) is 50.8 Å². The lowest BCUT2D eigenvalue weighted by molar-refractivity contribution is -0.139. The third-order valence-corrected chi connectivity index (χ3v) is 5.96. The number of allylic oxidation sites excluding steroid dienone is 1. The Balaban J connectivity index is 2.02. The van der Waals surface area contributed by atoms with Crippen molar-refractivity contribution in [2.75, 3.05) is 11.9 Å². The van der Waals surface area contributed by atoms with Gasteiger partial charge in [0.2, 0.25) is 0 Å². The van der Waals surface area contributed by atoms with Gasteiger partial charge in [-0.1, -0.05) is 44.4 Å². The molecule has 0 radical (unpaired) electrons. The molecular formula is C24H33N3O2. The molecule has 1 aromatic heterocycles. The molecule has 1 N–H and O–H groups in total. The van der Waals surface area contributed by atoms with Crippen LogP contribution in [0.3, 0.4) is 0 Å². The summed E-state index contributed by atoms with van der Waals surface area (Å²) in [5, 5.41) is 8.02. The van der Waals surface area contributed by atoms with E-state index in [2.05, 4.69) is 49.4 Å². The fourth-order valence-corrected chi connectivity index (χ4v) is 4.21. The first-order valence-electron chi connectivity index (χ1n) is 10.6. The smallest absolute Gasteiger partial charge is 0.336 e. The lowest BCUT2D eigenvalue weighted by Gasteiger charge is -2.30. The molecule has 0 amide bonds. The van der Waals surface area contributed by atoms with E-state index < -0.39 is 0 Å². The van der Waals surface area contributed by atoms with Crippen molar-refractivity contribution in [1.29, 1.82) is 0 Å². The van der Waals surface area contributed by atoms with Crippen LogP contribution in [0, 0.1) is 20.8 Å². The standard InChI is InChI=1S/C24H33N3O2/c1-7-8-9-10-14-29-24(28)21-17(4)25-23-20(18(5)26-27(23)6)22(21)19-13-11-12-15(2)16(19)3/h11-13,22,25H,7-10,14H2,1-6H3. The number of carbonyl (C=O) groups excluding carboxylic acids is 1. The second-order valence-corrected chi connectivity index (χ2v) is 8.05. The Hall–Kier alpha value is -2.56. The molecule has 5 nitrogen and oxygen atoms in total. The number of ether oxygens (including phenoxy) is 1. The third-order valence-electron chi connectivity index (χ3n) is 5.96. The highest BCUT2D eigenvalue weighted by Crippen LogP contribution is 2.44. The summed E-state index contributed by atoms with van der Waals surface area (Å²) >= 11 is 0. The number of aryl methyl sites for hydroxylation is 3. The van der Waals surface area contributed by atoms with Crippen LogP contribution in [0.25, 0.3) is 0 Å². The predicted octanol–water partition coefficient (Wildman–Crippen LogP) is 5.30. The normalized spacial score (nSPS) is 15.9. The molecule has 3 rings (SSSR count). The molecule has 156 valence electrons. The van der Waals surface area contributed by atoms with Gasteiger partial charge < -0.3 is 10.1 Å². The number of aromatic nitrogens is 2. The molecule has 2 heterocycles. The number of hydrogen-bond acceptors (Lipinski definition) is 4. The molecule has 0 aliphatic carbocycles. The molecular weight excluding hydrogens is 362 g/mol. The van der Waals surface area contributed by atoms with Gasteiger partial charge in [0.15, 0.2) is 0 Å². The van der Waals surface area contributed by atoms with Gasteiger partial charge in [0.1, 0.15) is 5.82 Å². The second-order valence-electron chi connectivity index (χ2n) is 8.05. The van der Waals surface area contributed by atoms with Crippen molar-refractivity contribution in [2.24, 2.45) is 7.05 Å². The van der Waals surface area contributed by atoms with E-state index in [-0.39, 0.29) is 11.9 Å². The summed E-state index contributed by atoms with van der Waals surface area (Å²) in [5.74, 6) is 0.541. The lowest BCUT2D eigenvalue weighted by Crippen LogP contribution is -2.26. The van der Waals surface area contributed by atoms with Crippen molar-refractivity contribution in [3.05, 3.63) is 57.4 Å². The maximum atomic E-state index is 13.2. The molecule has 2 aromatic rings. The third kappa shape index (κ3) is 4.09. The van der Waals surface area contributed by atoms with Gasteiger partial charge in [0, 0.05) is 24.2 Å². The number of unbranched alkanes of at least 4 members (excludes halogenated alkanes) is 3. The molecule has 0 fully saturated rings. The monoisotopic (exact) mass is 395 g/mol. The van der Waals surface area contributed by atoms with Crippen molar-refractivity contribution in [3.63, 3.8) is 0 Å². The Morgan fingerprint density at radius 1 is 1.17 bits per heavy atom. The van der Waals surface area contributed by atoms with Crippen molar-refractivity contribution in [3.8, 4) is 0 Å². The number of anilines is 1. The fourth-order valence-electron chi connectivity index (χ4n) is 4.21. The van der Waals surface area contributed by atoms with Crippen molar-refractivity contribution in [1.82, 2.24) is 9.78 Å². The minimum absolute atomic E-state index is 0.178. The summed E-state index contributed by atoms with van der Waals surface area (Å²) in [7, 11) is 1.93. The zero-order valence-electron chi connectivity index (χ0n) is 18.6. The molecule has 1 aliphatic rings. The minimum Gasteiger partial charge on any atom is -0.462 e. The van der Waals surface area contributed by atoms with Crippen LogP contribution in [0.1, 0.15) is 73.4 Å². The van der Waals surface area contributed by atoms with Crippen LogP contribution < -0.4 is 5.32 Å².